The van der Waals surface area contributed by atoms with E-state index in [0.29, 0.717) is 22.7 Å². The molecule has 8 heteroatoms. The van der Waals surface area contributed by atoms with Crippen LogP contribution in [0.1, 0.15) is 41.3 Å². The number of anilines is 1. The van der Waals surface area contributed by atoms with E-state index in [1.54, 1.807) is 25.1 Å². The highest BCUT2D eigenvalue weighted by molar-refractivity contribution is 7.89. The van der Waals surface area contributed by atoms with Crippen LogP contribution in [0.5, 0.6) is 5.75 Å². The summed E-state index contributed by atoms with van der Waals surface area (Å²) >= 11 is 0. The van der Waals surface area contributed by atoms with Crippen LogP contribution in [0.3, 0.4) is 0 Å². The first-order valence-corrected chi connectivity index (χ1v) is 12.4. The summed E-state index contributed by atoms with van der Waals surface area (Å²) < 4.78 is 34.6. The van der Waals surface area contributed by atoms with Crippen LogP contribution in [0.15, 0.2) is 41.3 Å². The summed E-state index contributed by atoms with van der Waals surface area (Å²) in [5.41, 5.74) is 2.58. The number of piperidine rings is 1. The third-order valence-electron chi connectivity index (χ3n) is 6.25. The van der Waals surface area contributed by atoms with Gasteiger partial charge < -0.3 is 15.0 Å². The topological polar surface area (TPSA) is 87.7 Å². The fourth-order valence-electron chi connectivity index (χ4n) is 4.12. The van der Waals surface area contributed by atoms with E-state index in [9.17, 15) is 13.2 Å². The van der Waals surface area contributed by atoms with Crippen LogP contribution in [0.2, 0.25) is 0 Å². The van der Waals surface area contributed by atoms with E-state index in [0.717, 1.165) is 31.5 Å². The number of carbonyl (C=O) groups is 1. The van der Waals surface area contributed by atoms with Crippen molar-refractivity contribution in [2.24, 2.45) is 5.92 Å². The summed E-state index contributed by atoms with van der Waals surface area (Å²) in [5, 5.41) is 2.88. The van der Waals surface area contributed by atoms with E-state index < -0.39 is 10.0 Å². The summed E-state index contributed by atoms with van der Waals surface area (Å²) in [4.78, 5) is 15.1. The van der Waals surface area contributed by atoms with Gasteiger partial charge in [0.05, 0.1) is 7.11 Å². The fraction of sp³-hybridized carbons (Fsp3) is 0.458. The highest BCUT2D eigenvalue weighted by atomic mass is 32.2. The molecule has 2 aromatic rings. The van der Waals surface area contributed by atoms with E-state index in [-0.39, 0.29) is 22.6 Å². The highest BCUT2D eigenvalue weighted by Gasteiger charge is 2.29. The van der Waals surface area contributed by atoms with E-state index in [2.05, 4.69) is 22.0 Å². The van der Waals surface area contributed by atoms with Crippen molar-refractivity contribution in [3.63, 3.8) is 0 Å². The number of carbonyl (C=O) groups excluding carboxylic acids is 1. The number of nitrogens with one attached hydrogen (secondary N) is 2. The Kier molecular flexibility index (Phi) is 7.59. The zero-order valence-electron chi connectivity index (χ0n) is 19.4. The summed E-state index contributed by atoms with van der Waals surface area (Å²) in [6, 6.07) is 10.2. The van der Waals surface area contributed by atoms with Crippen LogP contribution in [0.25, 0.3) is 0 Å². The molecular weight excluding hydrogens is 426 g/mol. The molecular formula is C24H33N3O4S. The Hall–Kier alpha value is -2.42. The molecule has 3 rings (SSSR count). The van der Waals surface area contributed by atoms with Gasteiger partial charge >= 0.3 is 0 Å². The van der Waals surface area contributed by atoms with E-state index in [4.69, 9.17) is 4.74 Å². The van der Waals surface area contributed by atoms with Crippen molar-refractivity contribution in [1.82, 2.24) is 9.62 Å². The van der Waals surface area contributed by atoms with Gasteiger partial charge in [0.25, 0.3) is 5.91 Å². The van der Waals surface area contributed by atoms with Crippen molar-refractivity contribution in [2.45, 2.75) is 44.6 Å². The maximum absolute atomic E-state index is 13.2. The van der Waals surface area contributed by atoms with Gasteiger partial charge in [-0.1, -0.05) is 18.2 Å². The fourth-order valence-corrected chi connectivity index (χ4v) is 5.66. The van der Waals surface area contributed by atoms with E-state index in [1.807, 2.05) is 32.0 Å². The number of likely N-dealkylation sites (tertiary alicyclic amines) is 1. The van der Waals surface area contributed by atoms with Gasteiger partial charge in [0, 0.05) is 23.4 Å². The second kappa shape index (κ2) is 10.0. The number of nitrogens with zero attached hydrogens (tertiary/aromatic N) is 1. The highest BCUT2D eigenvalue weighted by Crippen LogP contribution is 2.32. The van der Waals surface area contributed by atoms with Crippen LogP contribution in [-0.2, 0) is 10.0 Å². The lowest BCUT2D eigenvalue weighted by molar-refractivity contribution is 0.102. The van der Waals surface area contributed by atoms with Crippen molar-refractivity contribution >= 4 is 21.6 Å². The first kappa shape index (κ1) is 24.2. The number of methoxy groups -OCH3 is 1. The monoisotopic (exact) mass is 459 g/mol. The molecule has 0 spiro atoms. The van der Waals surface area contributed by atoms with Crippen LogP contribution < -0.4 is 14.8 Å². The van der Waals surface area contributed by atoms with Gasteiger partial charge in [0.2, 0.25) is 10.0 Å². The maximum Gasteiger partial charge on any atom is 0.255 e. The number of hydrogen-bond acceptors (Lipinski definition) is 5. The summed E-state index contributed by atoms with van der Waals surface area (Å²) in [6.07, 6.45) is 1.92. The Labute approximate surface area is 191 Å². The first-order valence-electron chi connectivity index (χ1n) is 10.9. The number of sulfonamides is 1. The predicted octanol–water partition coefficient (Wildman–Crippen LogP) is 3.57. The van der Waals surface area contributed by atoms with Gasteiger partial charge in [-0.05, 0) is 82.9 Å². The van der Waals surface area contributed by atoms with Crippen LogP contribution >= 0.6 is 0 Å². The number of amides is 1. The Morgan fingerprint density at radius 1 is 1.12 bits per heavy atom. The normalized spacial score (nSPS) is 16.5. The number of hydrogen-bond donors (Lipinski definition) is 2. The zero-order chi connectivity index (χ0) is 23.5. The van der Waals surface area contributed by atoms with E-state index in [1.165, 1.54) is 7.11 Å². The van der Waals surface area contributed by atoms with Gasteiger partial charge in [-0.3, -0.25) is 4.79 Å². The molecule has 2 aromatic carbocycles. The molecule has 1 atom stereocenters. The van der Waals surface area contributed by atoms with Gasteiger partial charge in [0.15, 0.2) is 0 Å². The molecule has 1 aliphatic heterocycles. The third kappa shape index (κ3) is 5.49. The first-order chi connectivity index (χ1) is 15.1. The van der Waals surface area contributed by atoms with Gasteiger partial charge in [-0.15, -0.1) is 0 Å². The van der Waals surface area contributed by atoms with Crippen molar-refractivity contribution < 1.29 is 17.9 Å². The van der Waals surface area contributed by atoms with Crippen LogP contribution in [0, 0.1) is 19.8 Å². The summed E-state index contributed by atoms with van der Waals surface area (Å²) in [7, 11) is -0.284. The largest absolute Gasteiger partial charge is 0.495 e. The number of benzene rings is 2. The SMILES string of the molecule is COc1cc(NC(=O)c2ccccc2C)c(C)cc1S(=O)(=O)NC(C)C1CCN(C)CC1. The van der Waals surface area contributed by atoms with Crippen molar-refractivity contribution in [3.8, 4) is 5.75 Å². The van der Waals surface area contributed by atoms with Gasteiger partial charge in [-0.25, -0.2) is 13.1 Å². The molecule has 1 aliphatic rings. The predicted molar refractivity (Wildman–Crippen MR) is 127 cm³/mol. The summed E-state index contributed by atoms with van der Waals surface area (Å²) in [6.45, 7) is 7.49. The zero-order valence-corrected chi connectivity index (χ0v) is 20.3. The molecule has 1 fully saturated rings. The molecule has 1 amide bonds. The minimum atomic E-state index is -3.79. The lowest BCUT2D eigenvalue weighted by atomic mass is 9.91. The Bertz CT molecular complexity index is 1080. The lowest BCUT2D eigenvalue weighted by Gasteiger charge is -2.33. The third-order valence-corrected chi connectivity index (χ3v) is 7.83. The molecule has 2 N–H and O–H groups in total. The van der Waals surface area contributed by atoms with Crippen LogP contribution in [0.4, 0.5) is 5.69 Å². The second-order valence-electron chi connectivity index (χ2n) is 8.64. The molecule has 0 radical (unpaired) electrons. The Morgan fingerprint density at radius 2 is 1.78 bits per heavy atom. The standard InChI is InChI=1S/C24H33N3O4S/c1-16-8-6-7-9-20(16)24(28)25-21-15-22(31-5)23(14-17(21)2)32(29,30)26-18(3)19-10-12-27(4)13-11-19/h6-9,14-15,18-19,26H,10-13H2,1-5H3,(H,25,28). The number of ether oxygens (including phenoxy) is 1. The minimum Gasteiger partial charge on any atom is -0.495 e. The quantitative estimate of drug-likeness (QED) is 0.661. The second-order valence-corrected chi connectivity index (χ2v) is 10.3. The molecule has 0 saturated carbocycles. The van der Waals surface area contributed by atoms with E-state index >= 15 is 0 Å². The van der Waals surface area contributed by atoms with Crippen molar-refractivity contribution in [1.29, 1.82) is 0 Å². The molecule has 174 valence electrons. The molecule has 7 nitrogen and oxygen atoms in total. The van der Waals surface area contributed by atoms with Crippen molar-refractivity contribution in [2.75, 3.05) is 32.6 Å². The average Bonchev–Trinajstić information content (AvgIpc) is 2.75. The number of aryl methyl sites for hydroxylation is 2. The molecule has 0 bridgehead atoms. The molecule has 1 saturated heterocycles. The van der Waals surface area contributed by atoms with Gasteiger partial charge in [0.1, 0.15) is 10.6 Å². The summed E-state index contributed by atoms with van der Waals surface area (Å²) in [5.74, 6) is 0.234. The maximum atomic E-state index is 13.2. The molecule has 1 heterocycles. The van der Waals surface area contributed by atoms with Crippen molar-refractivity contribution in [3.05, 3.63) is 53.1 Å². The Balaban J connectivity index is 1.82. The smallest absolute Gasteiger partial charge is 0.255 e. The Morgan fingerprint density at radius 3 is 2.41 bits per heavy atom. The van der Waals surface area contributed by atoms with Gasteiger partial charge in [-0.2, -0.15) is 0 Å². The van der Waals surface area contributed by atoms with Crippen LogP contribution in [-0.4, -0.2) is 52.5 Å². The number of rotatable bonds is 7. The average molecular weight is 460 g/mol. The molecule has 1 unspecified atom stereocenters. The molecule has 0 aromatic heterocycles. The molecule has 32 heavy (non-hydrogen) atoms. The lowest BCUT2D eigenvalue weighted by Crippen LogP contribution is -2.43. The molecule has 0 aliphatic carbocycles. The minimum absolute atomic E-state index is 0.0752.